The lowest BCUT2D eigenvalue weighted by Gasteiger charge is -2.22. The molecule has 1 fully saturated rings. The molecule has 1 aliphatic heterocycles. The zero-order valence-corrected chi connectivity index (χ0v) is 12.8. The molecular formula is C14H24N4S. The molecule has 1 aliphatic rings. The highest BCUT2D eigenvalue weighted by Gasteiger charge is 2.13. The van der Waals surface area contributed by atoms with Crippen molar-refractivity contribution in [3.63, 3.8) is 0 Å². The largest absolute Gasteiger partial charge is 0.370 e. The first kappa shape index (κ1) is 14.4. The van der Waals surface area contributed by atoms with Crippen LogP contribution in [-0.2, 0) is 0 Å². The minimum Gasteiger partial charge on any atom is -0.370 e. The Morgan fingerprint density at radius 3 is 2.58 bits per heavy atom. The van der Waals surface area contributed by atoms with Gasteiger partial charge in [0.25, 0.3) is 0 Å². The van der Waals surface area contributed by atoms with Gasteiger partial charge in [-0.15, -0.1) is 0 Å². The normalized spacial score (nSPS) is 16.2. The molecule has 1 aromatic heterocycles. The van der Waals surface area contributed by atoms with Crippen LogP contribution >= 0.6 is 11.8 Å². The fraction of sp³-hybridized carbons (Fsp3) is 0.714. The third kappa shape index (κ3) is 4.27. The van der Waals surface area contributed by atoms with Crippen molar-refractivity contribution in [2.45, 2.75) is 44.2 Å². The zero-order valence-electron chi connectivity index (χ0n) is 12.0. The first-order chi connectivity index (χ1) is 9.33. The number of thioether (sulfide) groups is 1. The van der Waals surface area contributed by atoms with Crippen LogP contribution in [0.1, 0.15) is 39.0 Å². The molecule has 0 unspecified atom stereocenters. The molecule has 0 amide bonds. The van der Waals surface area contributed by atoms with Crippen molar-refractivity contribution in [2.75, 3.05) is 36.1 Å². The highest BCUT2D eigenvalue weighted by Crippen LogP contribution is 2.23. The average Bonchev–Trinajstić information content (AvgIpc) is 2.73. The van der Waals surface area contributed by atoms with Gasteiger partial charge in [0, 0.05) is 25.7 Å². The molecule has 106 valence electrons. The minimum absolute atomic E-state index is 0.861. The second-order valence-corrected chi connectivity index (χ2v) is 5.70. The van der Waals surface area contributed by atoms with Crippen LogP contribution in [0.4, 0.5) is 11.6 Å². The summed E-state index contributed by atoms with van der Waals surface area (Å²) in [5.74, 6) is 2.04. The van der Waals surface area contributed by atoms with Gasteiger partial charge in [0.1, 0.15) is 11.6 Å². The molecule has 4 nitrogen and oxygen atoms in total. The van der Waals surface area contributed by atoms with Crippen molar-refractivity contribution in [2.24, 2.45) is 0 Å². The molecule has 2 heterocycles. The summed E-state index contributed by atoms with van der Waals surface area (Å²) in [7, 11) is 0. The molecule has 1 aromatic rings. The maximum Gasteiger partial charge on any atom is 0.191 e. The van der Waals surface area contributed by atoms with E-state index < -0.39 is 0 Å². The Balaban J connectivity index is 2.17. The fourth-order valence-corrected chi connectivity index (χ4v) is 2.68. The molecule has 0 aromatic carbocycles. The number of nitrogens with zero attached hydrogens (tertiary/aromatic N) is 3. The summed E-state index contributed by atoms with van der Waals surface area (Å²) < 4.78 is 0. The van der Waals surface area contributed by atoms with E-state index in [9.17, 15) is 0 Å². The summed E-state index contributed by atoms with van der Waals surface area (Å²) >= 11 is 1.61. The first-order valence-electron chi connectivity index (χ1n) is 7.25. The van der Waals surface area contributed by atoms with Gasteiger partial charge < -0.3 is 10.2 Å². The van der Waals surface area contributed by atoms with Crippen LogP contribution in [-0.4, -0.2) is 35.9 Å². The first-order valence-corrected chi connectivity index (χ1v) is 8.48. The Kier molecular flexibility index (Phi) is 5.76. The monoisotopic (exact) mass is 280 g/mol. The number of hydrogen-bond donors (Lipinski definition) is 1. The molecule has 0 atom stereocenters. The van der Waals surface area contributed by atoms with E-state index in [0.29, 0.717) is 0 Å². The van der Waals surface area contributed by atoms with Gasteiger partial charge >= 0.3 is 0 Å². The smallest absolute Gasteiger partial charge is 0.191 e. The van der Waals surface area contributed by atoms with E-state index in [0.717, 1.165) is 42.8 Å². The third-order valence-electron chi connectivity index (χ3n) is 3.36. The molecule has 0 aliphatic carbocycles. The number of nitrogens with one attached hydrogen (secondary N) is 1. The highest BCUT2D eigenvalue weighted by molar-refractivity contribution is 7.98. The van der Waals surface area contributed by atoms with E-state index in [1.807, 2.05) is 6.26 Å². The SMILES string of the molecule is CCCNc1cc(N2CCCCCC2)nc(SC)n1. The summed E-state index contributed by atoms with van der Waals surface area (Å²) in [4.78, 5) is 11.6. The molecular weight excluding hydrogens is 256 g/mol. The number of aromatic nitrogens is 2. The molecule has 5 heteroatoms. The second kappa shape index (κ2) is 7.58. The van der Waals surface area contributed by atoms with Crippen LogP contribution in [0.3, 0.4) is 0 Å². The van der Waals surface area contributed by atoms with Crippen LogP contribution in [0.5, 0.6) is 0 Å². The molecule has 0 radical (unpaired) electrons. The Hall–Kier alpha value is -0.970. The number of hydrogen-bond acceptors (Lipinski definition) is 5. The van der Waals surface area contributed by atoms with E-state index in [1.54, 1.807) is 11.8 Å². The predicted octanol–water partition coefficient (Wildman–Crippen LogP) is 3.40. The Morgan fingerprint density at radius 1 is 1.21 bits per heavy atom. The summed E-state index contributed by atoms with van der Waals surface area (Å²) in [6.45, 7) is 5.37. The Morgan fingerprint density at radius 2 is 1.95 bits per heavy atom. The van der Waals surface area contributed by atoms with Crippen molar-refractivity contribution < 1.29 is 0 Å². The molecule has 1 saturated heterocycles. The van der Waals surface area contributed by atoms with Crippen molar-refractivity contribution in [1.29, 1.82) is 0 Å². The van der Waals surface area contributed by atoms with Gasteiger partial charge in [0.15, 0.2) is 5.16 Å². The summed E-state index contributed by atoms with van der Waals surface area (Å²) in [5.41, 5.74) is 0. The maximum atomic E-state index is 4.66. The lowest BCUT2D eigenvalue weighted by Crippen LogP contribution is -2.25. The van der Waals surface area contributed by atoms with E-state index in [-0.39, 0.29) is 0 Å². The summed E-state index contributed by atoms with van der Waals surface area (Å²) in [6.07, 6.45) is 8.38. The van der Waals surface area contributed by atoms with Crippen molar-refractivity contribution in [1.82, 2.24) is 9.97 Å². The molecule has 19 heavy (non-hydrogen) atoms. The zero-order chi connectivity index (χ0) is 13.5. The summed E-state index contributed by atoms with van der Waals surface area (Å²) in [6, 6.07) is 2.10. The highest BCUT2D eigenvalue weighted by atomic mass is 32.2. The molecule has 0 spiro atoms. The van der Waals surface area contributed by atoms with Gasteiger partial charge in [0.05, 0.1) is 0 Å². The van der Waals surface area contributed by atoms with Gasteiger partial charge in [-0.05, 0) is 25.5 Å². The van der Waals surface area contributed by atoms with Gasteiger partial charge in [-0.25, -0.2) is 9.97 Å². The standard InChI is InChI=1S/C14H24N4S/c1-3-8-15-12-11-13(17-14(16-12)19-2)18-9-6-4-5-7-10-18/h11H,3-10H2,1-2H3,(H,15,16,17). The second-order valence-electron chi connectivity index (χ2n) is 4.93. The Labute approximate surface area is 120 Å². The van der Waals surface area contributed by atoms with E-state index in [1.165, 1.54) is 25.7 Å². The van der Waals surface area contributed by atoms with E-state index in [4.69, 9.17) is 0 Å². The Bertz CT molecular complexity index is 389. The molecule has 0 bridgehead atoms. The molecule has 2 rings (SSSR count). The van der Waals surface area contributed by atoms with Crippen LogP contribution in [0.2, 0.25) is 0 Å². The van der Waals surface area contributed by atoms with Crippen molar-refractivity contribution in [3.8, 4) is 0 Å². The lowest BCUT2D eigenvalue weighted by atomic mass is 10.2. The fourth-order valence-electron chi connectivity index (χ4n) is 2.31. The lowest BCUT2D eigenvalue weighted by molar-refractivity contribution is 0.726. The van der Waals surface area contributed by atoms with Gasteiger partial charge in [-0.1, -0.05) is 31.5 Å². The van der Waals surface area contributed by atoms with E-state index >= 15 is 0 Å². The van der Waals surface area contributed by atoms with Gasteiger partial charge in [-0.3, -0.25) is 0 Å². The third-order valence-corrected chi connectivity index (χ3v) is 3.91. The van der Waals surface area contributed by atoms with Gasteiger partial charge in [-0.2, -0.15) is 0 Å². The average molecular weight is 280 g/mol. The quantitative estimate of drug-likeness (QED) is 0.661. The summed E-state index contributed by atoms with van der Waals surface area (Å²) in [5, 5.41) is 4.23. The maximum absolute atomic E-state index is 4.66. The number of anilines is 2. The molecule has 1 N–H and O–H groups in total. The number of rotatable bonds is 5. The van der Waals surface area contributed by atoms with Crippen molar-refractivity contribution >= 4 is 23.4 Å². The van der Waals surface area contributed by atoms with Gasteiger partial charge in [0.2, 0.25) is 0 Å². The predicted molar refractivity (Wildman–Crippen MR) is 83.3 cm³/mol. The van der Waals surface area contributed by atoms with Crippen molar-refractivity contribution in [3.05, 3.63) is 6.07 Å². The minimum atomic E-state index is 0.861. The van der Waals surface area contributed by atoms with Crippen LogP contribution in [0.15, 0.2) is 11.2 Å². The topological polar surface area (TPSA) is 41.0 Å². The van der Waals surface area contributed by atoms with Crippen LogP contribution in [0, 0.1) is 0 Å². The van der Waals surface area contributed by atoms with Crippen LogP contribution in [0.25, 0.3) is 0 Å². The van der Waals surface area contributed by atoms with Crippen LogP contribution < -0.4 is 10.2 Å². The molecule has 0 saturated carbocycles. The van der Waals surface area contributed by atoms with E-state index in [2.05, 4.69) is 33.2 Å².